The number of hydrogen-bond donors (Lipinski definition) is 12. The quantitative estimate of drug-likeness (QED) is 0.0105. The van der Waals surface area contributed by atoms with E-state index >= 15 is 4.55 Å². The first-order chi connectivity index (χ1) is 44.7. The first kappa shape index (κ1) is 77.1. The molecule has 1 aromatic carbocycles. The molecule has 34 nitrogen and oxygen atoms in total. The largest absolute Gasteiger partial charge is 0.610 e. The van der Waals surface area contributed by atoms with Gasteiger partial charge in [-0.15, -0.1) is 0 Å². The molecule has 1 fully saturated rings. The van der Waals surface area contributed by atoms with Gasteiger partial charge in [0.1, 0.15) is 41.7 Å². The summed E-state index contributed by atoms with van der Waals surface area (Å²) in [6.45, 7) is 6.94. The number of thioether (sulfide) groups is 1. The molecule has 4 heterocycles. The molecular formula is C57H89N13O21S2. The summed E-state index contributed by atoms with van der Waals surface area (Å²) in [4.78, 5) is 134. The topological polar surface area (TPSA) is 489 Å². The van der Waals surface area contributed by atoms with Crippen molar-refractivity contribution in [3.05, 3.63) is 33.7 Å². The van der Waals surface area contributed by atoms with Crippen molar-refractivity contribution >= 4 is 87.0 Å². The van der Waals surface area contributed by atoms with E-state index in [0.29, 0.717) is 114 Å². The number of ether oxygens (including phenoxy) is 8. The van der Waals surface area contributed by atoms with Gasteiger partial charge in [-0.25, -0.2) is 0 Å². The molecule has 5 rings (SSSR count). The summed E-state index contributed by atoms with van der Waals surface area (Å²) in [5.41, 5.74) is 14.8. The van der Waals surface area contributed by atoms with E-state index in [9.17, 15) is 58.5 Å². The zero-order valence-electron chi connectivity index (χ0n) is 52.7. The van der Waals surface area contributed by atoms with Crippen LogP contribution in [0.5, 0.6) is 5.75 Å². The average molecular weight is 1360 g/mol. The van der Waals surface area contributed by atoms with Crippen LogP contribution in [0.25, 0.3) is 21.3 Å². The summed E-state index contributed by atoms with van der Waals surface area (Å²) >= 11 is -1.00. The second-order valence-electron chi connectivity index (χ2n) is 21.9. The second-order valence-corrected chi connectivity index (χ2v) is 24.4. The number of nitrogens with zero attached hydrogens (tertiary/aromatic N) is 4. The van der Waals surface area contributed by atoms with Crippen LogP contribution in [0.3, 0.4) is 0 Å². The third kappa shape index (κ3) is 24.9. The number of carbonyl (C=O) groups is 9. The molecule has 1 saturated heterocycles. The highest BCUT2D eigenvalue weighted by atomic mass is 32.2. The number of amides is 9. The predicted octanol–water partition coefficient (Wildman–Crippen LogP) is -3.96. The number of aromatic amines is 1. The number of H-pyrrole nitrogens is 1. The molecule has 2 bridgehead atoms. The molecule has 520 valence electrons. The van der Waals surface area contributed by atoms with Crippen LogP contribution in [0.15, 0.2) is 22.3 Å². The Morgan fingerprint density at radius 3 is 1.92 bits per heavy atom. The van der Waals surface area contributed by atoms with Gasteiger partial charge in [0.2, 0.25) is 58.2 Å². The molecule has 0 radical (unpaired) electrons. The van der Waals surface area contributed by atoms with Crippen LogP contribution in [0, 0.1) is 11.8 Å². The summed E-state index contributed by atoms with van der Waals surface area (Å²) < 4.78 is 59.8. The third-order valence-electron chi connectivity index (χ3n) is 15.3. The molecule has 9 amide bonds. The van der Waals surface area contributed by atoms with Crippen LogP contribution >= 0.6 is 11.8 Å². The standard InChI is InChI=1S/C57H89N13O21S2/c1-5-33(2)48-54(80)61-27-46(75)63-41-32-93(83)56-37(36-6-7-44(84-4)38(50(36)68-56)31-92-23-22-91-21-20-90-19-18-89-17-16-88-15-14-87-13-12-86-11-10-85-9-8-62-69-59)25-39(51(77)60-28-47(76)66-48)64-55(81)49(34(3)43(73)30-71)67-53(79)42-24-35(72)29-70(42)57(82)40(26-45(58)74)65-52(41)78/h6-7,33-35,39-43,48-49,68,71-73H,5,8-32H2,1-4H3,(H2,58,74)(H,60,77)(H,61,80)(H,63,75)(H,64,81)(H,65,78)(H,66,76)(H,67,79)/t33-,34-,35+,39-,40-,41-,42-,43-,48-,49-,93?/m0/s1. The number of hydrogen-bond acceptors (Lipinski definition) is 23. The van der Waals surface area contributed by atoms with Gasteiger partial charge in [-0.3, -0.25) is 43.2 Å². The maximum Gasteiger partial charge on any atom is 0.248 e. The molecule has 3 aliphatic rings. The van der Waals surface area contributed by atoms with Gasteiger partial charge in [-0.05, 0) is 23.6 Å². The molecule has 0 spiro atoms. The number of aliphatic hydroxyl groups is 3. The number of methoxy groups -OCH3 is 1. The average Bonchev–Trinajstić information content (AvgIpc) is 1.63. The molecule has 0 saturated carbocycles. The maximum atomic E-state index is 15.3. The number of nitrogens with one attached hydrogen (secondary N) is 8. The van der Waals surface area contributed by atoms with E-state index in [-0.39, 0.29) is 36.1 Å². The van der Waals surface area contributed by atoms with E-state index in [0.717, 1.165) is 4.90 Å². The smallest absolute Gasteiger partial charge is 0.248 e. The highest BCUT2D eigenvalue weighted by Gasteiger charge is 2.45. The lowest BCUT2D eigenvalue weighted by Gasteiger charge is -2.32. The Labute approximate surface area is 544 Å². The Morgan fingerprint density at radius 2 is 1.35 bits per heavy atom. The molecule has 11 atom stereocenters. The molecule has 36 heteroatoms. The number of aliphatic hydroxyl groups excluding tert-OH is 3. The van der Waals surface area contributed by atoms with Crippen molar-refractivity contribution < 1.29 is 101 Å². The van der Waals surface area contributed by atoms with Crippen molar-refractivity contribution in [2.45, 2.75) is 106 Å². The third-order valence-corrected chi connectivity index (χ3v) is 17.6. The number of fused-ring (bicyclic) bond motifs is 5. The van der Waals surface area contributed by atoms with E-state index in [2.05, 4.69) is 52.2 Å². The van der Waals surface area contributed by atoms with Crippen molar-refractivity contribution in [1.29, 1.82) is 0 Å². The second kappa shape index (κ2) is 41.2. The molecule has 1 unspecified atom stereocenters. The number of azide groups is 1. The molecule has 93 heavy (non-hydrogen) atoms. The fourth-order valence-corrected chi connectivity index (χ4v) is 12.3. The Kier molecular flexibility index (Phi) is 34.2. The van der Waals surface area contributed by atoms with Gasteiger partial charge in [0.05, 0.1) is 143 Å². The Hall–Kier alpha value is -6.64. The number of aromatic nitrogens is 1. The molecule has 1 aromatic heterocycles. The SMILES string of the molecule is CC[C@H](C)[C@@H]1NC(=O)CNC(=O)[C@@H]2Cc3c([nH]c4c(CSCCOCCOCCOCCOCCOCCOCCOCCN=[N+]=[N-])c(OC)ccc34)[S+]([O-])C[C@H](NC(=O)CNC1=O)C(=O)N[C@@H](CC(N)=O)C(=O)N1C[C@H](O)C[C@H]1C(=O)N[C@@H]([C@@H](C)[C@@H](O)CO)C(=O)N2. The number of rotatable bonds is 34. The Balaban J connectivity index is 1.38. The predicted molar refractivity (Wildman–Crippen MR) is 333 cm³/mol. The number of nitrogens with two attached hydrogens (primary N) is 1. The summed E-state index contributed by atoms with van der Waals surface area (Å²) in [6, 6.07) is -6.92. The minimum Gasteiger partial charge on any atom is -0.610 e. The van der Waals surface area contributed by atoms with Gasteiger partial charge in [0.15, 0.2) is 6.04 Å². The lowest BCUT2D eigenvalue weighted by atomic mass is 9.93. The van der Waals surface area contributed by atoms with E-state index in [1.54, 1.807) is 26.0 Å². The van der Waals surface area contributed by atoms with Crippen LogP contribution in [-0.4, -0.2) is 275 Å². The van der Waals surface area contributed by atoms with Gasteiger partial charge in [-0.1, -0.05) is 32.3 Å². The van der Waals surface area contributed by atoms with Crippen LogP contribution < -0.4 is 47.7 Å². The van der Waals surface area contributed by atoms with Crippen molar-refractivity contribution in [2.75, 3.05) is 144 Å². The number of primary amides is 1. The van der Waals surface area contributed by atoms with E-state index in [1.165, 1.54) is 25.8 Å². The van der Waals surface area contributed by atoms with Crippen LogP contribution in [0.4, 0.5) is 0 Å². The van der Waals surface area contributed by atoms with Crippen LogP contribution in [0.1, 0.15) is 51.2 Å². The summed E-state index contributed by atoms with van der Waals surface area (Å²) in [5, 5.41) is 53.0. The van der Waals surface area contributed by atoms with Gasteiger partial charge < -0.3 is 111 Å². The highest BCUT2D eigenvalue weighted by Crippen LogP contribution is 2.37. The monoisotopic (exact) mass is 1360 g/mol. The summed E-state index contributed by atoms with van der Waals surface area (Å²) in [6.07, 6.45) is -4.54. The fraction of sp³-hybridized carbons (Fsp3) is 0.702. The van der Waals surface area contributed by atoms with Crippen molar-refractivity contribution in [3.8, 4) is 5.75 Å². The van der Waals surface area contributed by atoms with Crippen molar-refractivity contribution in [1.82, 2.24) is 47.1 Å². The zero-order valence-corrected chi connectivity index (χ0v) is 54.3. The first-order valence-corrected chi connectivity index (χ1v) is 33.0. The lowest BCUT2D eigenvalue weighted by molar-refractivity contribution is -0.144. The lowest BCUT2D eigenvalue weighted by Crippen LogP contribution is -2.62. The summed E-state index contributed by atoms with van der Waals surface area (Å²) in [5.74, 6) is -10.9. The molecular weight excluding hydrogens is 1270 g/mol. The first-order valence-electron chi connectivity index (χ1n) is 30.6. The van der Waals surface area contributed by atoms with E-state index in [1.807, 2.05) is 0 Å². The Bertz CT molecular complexity index is 2840. The van der Waals surface area contributed by atoms with E-state index in [4.69, 9.17) is 49.2 Å². The minimum atomic E-state index is -2.44. The molecule has 3 aliphatic heterocycles. The Morgan fingerprint density at radius 1 is 0.774 bits per heavy atom. The maximum absolute atomic E-state index is 15.3. The molecule has 2 aromatic rings. The normalized spacial score (nSPS) is 23.2. The van der Waals surface area contributed by atoms with Gasteiger partial charge in [0.25, 0.3) is 0 Å². The fourth-order valence-electron chi connectivity index (χ4n) is 10.0. The van der Waals surface area contributed by atoms with Gasteiger partial charge in [0, 0.05) is 76.0 Å². The highest BCUT2D eigenvalue weighted by molar-refractivity contribution is 7.98. The van der Waals surface area contributed by atoms with Crippen LogP contribution in [-0.2, 0) is 99.7 Å². The zero-order chi connectivity index (χ0) is 67.8. The van der Waals surface area contributed by atoms with Gasteiger partial charge >= 0.3 is 0 Å². The molecule has 13 N–H and O–H groups in total. The van der Waals surface area contributed by atoms with Crippen LogP contribution in [0.2, 0.25) is 0 Å². The number of benzene rings is 1. The van der Waals surface area contributed by atoms with Crippen molar-refractivity contribution in [3.63, 3.8) is 0 Å². The van der Waals surface area contributed by atoms with Crippen molar-refractivity contribution in [2.24, 2.45) is 22.7 Å². The van der Waals surface area contributed by atoms with E-state index < -0.39 is 176 Å². The minimum absolute atomic E-state index is 0.114. The van der Waals surface area contributed by atoms with Gasteiger partial charge in [-0.2, -0.15) is 11.8 Å². The molecule has 0 aliphatic carbocycles. The summed E-state index contributed by atoms with van der Waals surface area (Å²) in [7, 11) is 1.43. The number of carbonyl (C=O) groups excluding carboxylic acids is 9.